The minimum Gasteiger partial charge on any atom is -0.461 e. The predicted octanol–water partition coefficient (Wildman–Crippen LogP) is 4.08. The highest BCUT2D eigenvalue weighted by molar-refractivity contribution is 9.10. The Morgan fingerprint density at radius 3 is 2.56 bits per heavy atom. The first-order valence-electron chi connectivity index (χ1n) is 11.0. The number of cyclic esters (lactones) is 1. The molecule has 2 heterocycles. The van der Waals surface area contributed by atoms with E-state index in [9.17, 15) is 14.4 Å². The van der Waals surface area contributed by atoms with Gasteiger partial charge in [0, 0.05) is 27.1 Å². The zero-order valence-electron chi connectivity index (χ0n) is 19.2. The summed E-state index contributed by atoms with van der Waals surface area (Å²) in [6.07, 6.45) is -2.20. The quantitative estimate of drug-likeness (QED) is 0.356. The third-order valence-electron chi connectivity index (χ3n) is 5.57. The van der Waals surface area contributed by atoms with Crippen molar-refractivity contribution in [3.63, 3.8) is 0 Å². The topological polar surface area (TPSA) is 116 Å². The molecule has 34 heavy (non-hydrogen) atoms. The molecule has 10 heteroatoms. The van der Waals surface area contributed by atoms with Crippen molar-refractivity contribution in [2.24, 2.45) is 0 Å². The summed E-state index contributed by atoms with van der Waals surface area (Å²) in [4.78, 5) is 39.1. The number of esters is 1. The largest absolute Gasteiger partial charge is 0.461 e. The van der Waals surface area contributed by atoms with Gasteiger partial charge in [-0.05, 0) is 47.3 Å². The molecule has 0 bridgehead atoms. The number of aliphatic hydroxyl groups excluding tert-OH is 1. The van der Waals surface area contributed by atoms with E-state index in [0.29, 0.717) is 29.5 Å². The average molecular weight is 538 g/mol. The van der Waals surface area contributed by atoms with Crippen molar-refractivity contribution < 1.29 is 38.1 Å². The molecule has 4 unspecified atom stereocenters. The minimum atomic E-state index is -1.35. The Morgan fingerprint density at radius 2 is 1.94 bits per heavy atom. The summed E-state index contributed by atoms with van der Waals surface area (Å²) in [5.41, 5.74) is 0.756. The zero-order valence-corrected chi connectivity index (χ0v) is 20.8. The second-order valence-corrected chi connectivity index (χ2v) is 8.81. The second-order valence-electron chi connectivity index (χ2n) is 7.95. The van der Waals surface area contributed by atoms with Gasteiger partial charge >= 0.3 is 12.1 Å². The van der Waals surface area contributed by atoms with Gasteiger partial charge in [0.1, 0.15) is 17.6 Å². The monoisotopic (exact) mass is 537 g/mol. The maximum absolute atomic E-state index is 13.5. The van der Waals surface area contributed by atoms with Gasteiger partial charge in [0.05, 0.1) is 10.5 Å². The molecular formula is C24H28BrNO8. The Balaban J connectivity index is 1.87. The standard InChI is InChI=1S/C24H28BrNO8/c1-14-20(16-9-5-4-6-10-16)34-24(30)26(14)23(29)22(31-3)21(32-15(2)28)19-13-17(25)18(33-19)11-7-8-12-27/h4-6,9-10,13-14,20-22,27H,7-8,11-12H2,1-3H3. The SMILES string of the molecule is COC(C(=O)N1C(=O)OC(c2ccccc2)C1C)C(OC(C)=O)c1cc(Br)c(CCCCO)o1. The fourth-order valence-electron chi connectivity index (χ4n) is 3.92. The fourth-order valence-corrected chi connectivity index (χ4v) is 4.42. The number of rotatable bonds is 10. The summed E-state index contributed by atoms with van der Waals surface area (Å²) in [5.74, 6) is -0.574. The van der Waals surface area contributed by atoms with Gasteiger partial charge in [0.2, 0.25) is 0 Å². The molecule has 1 aliphatic heterocycles. The molecule has 1 aromatic heterocycles. The molecule has 2 aromatic rings. The van der Waals surface area contributed by atoms with E-state index in [-0.39, 0.29) is 12.4 Å². The number of nitrogens with zero attached hydrogens (tertiary/aromatic N) is 1. The number of benzene rings is 1. The van der Waals surface area contributed by atoms with Crippen molar-refractivity contribution >= 4 is 33.9 Å². The van der Waals surface area contributed by atoms with Crippen LogP contribution < -0.4 is 0 Å². The molecule has 184 valence electrons. The summed E-state index contributed by atoms with van der Waals surface area (Å²) >= 11 is 3.42. The van der Waals surface area contributed by atoms with Gasteiger partial charge in [0.15, 0.2) is 12.2 Å². The molecule has 2 amide bonds. The number of furan rings is 1. The molecule has 9 nitrogen and oxygen atoms in total. The number of unbranched alkanes of at least 4 members (excludes halogenated alkanes) is 1. The van der Waals surface area contributed by atoms with Crippen LogP contribution in [-0.2, 0) is 30.2 Å². The van der Waals surface area contributed by atoms with Gasteiger partial charge in [-0.25, -0.2) is 9.69 Å². The number of hydrogen-bond donors (Lipinski definition) is 1. The Bertz CT molecular complexity index is 1010. The number of aryl methyl sites for hydroxylation is 1. The Morgan fingerprint density at radius 1 is 1.24 bits per heavy atom. The minimum absolute atomic E-state index is 0.0651. The molecule has 1 saturated heterocycles. The maximum atomic E-state index is 13.5. The number of ether oxygens (including phenoxy) is 3. The van der Waals surface area contributed by atoms with E-state index in [1.54, 1.807) is 13.0 Å². The first kappa shape index (κ1) is 25.9. The number of methoxy groups -OCH3 is 1. The summed E-state index contributed by atoms with van der Waals surface area (Å²) in [5, 5.41) is 9.01. The number of amides is 2. The highest BCUT2D eigenvalue weighted by atomic mass is 79.9. The fraction of sp³-hybridized carbons (Fsp3) is 0.458. The summed E-state index contributed by atoms with van der Waals surface area (Å²) in [6, 6.07) is 10.1. The third kappa shape index (κ3) is 5.68. The highest BCUT2D eigenvalue weighted by Gasteiger charge is 2.48. The van der Waals surface area contributed by atoms with Crippen LogP contribution >= 0.6 is 15.9 Å². The Hall–Kier alpha value is -2.69. The number of carbonyl (C=O) groups excluding carboxylic acids is 3. The highest BCUT2D eigenvalue weighted by Crippen LogP contribution is 2.36. The summed E-state index contributed by atoms with van der Waals surface area (Å²) in [6.45, 7) is 2.98. The van der Waals surface area contributed by atoms with Gasteiger partial charge in [-0.2, -0.15) is 0 Å². The van der Waals surface area contributed by atoms with Crippen LogP contribution in [0.25, 0.3) is 0 Å². The second kappa shape index (κ2) is 11.6. The molecule has 0 radical (unpaired) electrons. The van der Waals surface area contributed by atoms with Crippen LogP contribution in [0.2, 0.25) is 0 Å². The first-order chi connectivity index (χ1) is 16.3. The van der Waals surface area contributed by atoms with Crippen LogP contribution in [0.15, 0.2) is 45.3 Å². The van der Waals surface area contributed by atoms with Crippen molar-refractivity contribution in [1.29, 1.82) is 0 Å². The van der Waals surface area contributed by atoms with E-state index in [1.807, 2.05) is 30.3 Å². The summed E-state index contributed by atoms with van der Waals surface area (Å²) in [7, 11) is 1.29. The van der Waals surface area contributed by atoms with E-state index in [2.05, 4.69) is 15.9 Å². The number of imide groups is 1. The van der Waals surface area contributed by atoms with Gasteiger partial charge in [0.25, 0.3) is 5.91 Å². The molecule has 0 saturated carbocycles. The van der Waals surface area contributed by atoms with Crippen LogP contribution in [0.3, 0.4) is 0 Å². The normalized spacial score (nSPS) is 19.6. The molecule has 1 N–H and O–H groups in total. The van der Waals surface area contributed by atoms with Gasteiger partial charge in [-0.15, -0.1) is 0 Å². The van der Waals surface area contributed by atoms with Crippen LogP contribution in [0.5, 0.6) is 0 Å². The molecule has 0 spiro atoms. The lowest BCUT2D eigenvalue weighted by atomic mass is 10.0. The Labute approximate surface area is 206 Å². The van der Waals surface area contributed by atoms with E-state index in [0.717, 1.165) is 10.5 Å². The van der Waals surface area contributed by atoms with E-state index < -0.39 is 42.3 Å². The van der Waals surface area contributed by atoms with E-state index in [1.165, 1.54) is 14.0 Å². The molecule has 4 atom stereocenters. The van der Waals surface area contributed by atoms with Crippen molar-refractivity contribution in [1.82, 2.24) is 4.90 Å². The number of carbonyl (C=O) groups is 3. The Kier molecular flexibility index (Phi) is 8.87. The molecule has 1 aliphatic rings. The predicted molar refractivity (Wildman–Crippen MR) is 124 cm³/mol. The lowest BCUT2D eigenvalue weighted by Crippen LogP contribution is -2.47. The molecule has 1 fully saturated rings. The average Bonchev–Trinajstić information content (AvgIpc) is 3.32. The van der Waals surface area contributed by atoms with Gasteiger partial charge in [-0.1, -0.05) is 30.3 Å². The number of hydrogen-bond acceptors (Lipinski definition) is 8. The first-order valence-corrected chi connectivity index (χ1v) is 11.7. The van der Waals surface area contributed by atoms with Crippen molar-refractivity contribution in [2.45, 2.75) is 57.5 Å². The number of aliphatic hydroxyl groups is 1. The van der Waals surface area contributed by atoms with Gasteiger partial charge < -0.3 is 23.7 Å². The number of halogens is 1. The lowest BCUT2D eigenvalue weighted by molar-refractivity contribution is -0.164. The van der Waals surface area contributed by atoms with E-state index >= 15 is 0 Å². The van der Waals surface area contributed by atoms with E-state index in [4.69, 9.17) is 23.7 Å². The van der Waals surface area contributed by atoms with Crippen LogP contribution in [0.4, 0.5) is 4.79 Å². The molecule has 1 aromatic carbocycles. The van der Waals surface area contributed by atoms with Crippen LogP contribution in [-0.4, -0.2) is 53.8 Å². The third-order valence-corrected chi connectivity index (χ3v) is 6.24. The zero-order chi connectivity index (χ0) is 24.8. The van der Waals surface area contributed by atoms with Crippen molar-refractivity contribution in [2.75, 3.05) is 13.7 Å². The smallest absolute Gasteiger partial charge is 0.417 e. The summed E-state index contributed by atoms with van der Waals surface area (Å²) < 4.78 is 22.9. The molecule has 3 rings (SSSR count). The van der Waals surface area contributed by atoms with Gasteiger partial charge in [-0.3, -0.25) is 9.59 Å². The maximum Gasteiger partial charge on any atom is 0.417 e. The molecule has 0 aliphatic carbocycles. The molecular weight excluding hydrogens is 510 g/mol. The van der Waals surface area contributed by atoms with Crippen molar-refractivity contribution in [3.05, 3.63) is 58.0 Å². The van der Waals surface area contributed by atoms with Crippen molar-refractivity contribution in [3.8, 4) is 0 Å². The van der Waals surface area contributed by atoms with Crippen LogP contribution in [0.1, 0.15) is 56.0 Å². The lowest BCUT2D eigenvalue weighted by Gasteiger charge is -2.27. The van der Waals surface area contributed by atoms with Crippen LogP contribution in [0, 0.1) is 0 Å².